The predicted octanol–water partition coefficient (Wildman–Crippen LogP) is 3.33. The molecule has 0 saturated carbocycles. The highest BCUT2D eigenvalue weighted by molar-refractivity contribution is 5.80. The molecule has 0 aliphatic carbocycles. The van der Waals surface area contributed by atoms with Gasteiger partial charge in [-0.2, -0.15) is 10.2 Å². The third-order valence-electron chi connectivity index (χ3n) is 4.22. The van der Waals surface area contributed by atoms with Crippen LogP contribution >= 0.6 is 0 Å². The van der Waals surface area contributed by atoms with E-state index in [1.807, 2.05) is 40.8 Å². The molecule has 1 aromatic carbocycles. The first-order chi connectivity index (χ1) is 11.6. The van der Waals surface area contributed by atoms with Crippen molar-refractivity contribution in [2.24, 2.45) is 7.05 Å². The van der Waals surface area contributed by atoms with Crippen LogP contribution < -0.4 is 0 Å². The smallest absolute Gasteiger partial charge is 0.176 e. The summed E-state index contributed by atoms with van der Waals surface area (Å²) in [5.41, 5.74) is 5.24. The molecular weight excluding hydrogens is 300 g/mol. The van der Waals surface area contributed by atoms with Crippen LogP contribution in [0, 0.1) is 0 Å². The molecule has 4 rings (SSSR count). The van der Waals surface area contributed by atoms with E-state index < -0.39 is 0 Å². The van der Waals surface area contributed by atoms with Crippen LogP contribution in [0.15, 0.2) is 42.7 Å². The van der Waals surface area contributed by atoms with Crippen LogP contribution in [-0.4, -0.2) is 29.5 Å². The molecule has 3 aromatic heterocycles. The largest absolute Gasteiger partial charge is 0.335 e. The lowest BCUT2D eigenvalue weighted by Crippen LogP contribution is -2.02. The third-order valence-corrected chi connectivity index (χ3v) is 4.22. The molecule has 3 heterocycles. The Labute approximate surface area is 140 Å². The molecule has 0 saturated heterocycles. The van der Waals surface area contributed by atoms with E-state index in [0.29, 0.717) is 5.92 Å². The predicted molar refractivity (Wildman–Crippen MR) is 93.7 cm³/mol. The van der Waals surface area contributed by atoms with Gasteiger partial charge in [0.2, 0.25) is 0 Å². The molecule has 0 fully saturated rings. The van der Waals surface area contributed by atoms with Crippen molar-refractivity contribution in [1.29, 1.82) is 0 Å². The minimum atomic E-state index is 0.348. The molecular formula is C18H20N6. The number of aryl methyl sites for hydroxylation is 1. The molecule has 0 radical (unpaired) electrons. The summed E-state index contributed by atoms with van der Waals surface area (Å²) >= 11 is 0. The molecule has 4 aromatic rings. The van der Waals surface area contributed by atoms with E-state index in [0.717, 1.165) is 34.8 Å². The summed E-state index contributed by atoms with van der Waals surface area (Å²) in [5, 5.41) is 8.88. The number of hydrogen-bond donors (Lipinski definition) is 1. The monoisotopic (exact) mass is 320 g/mol. The molecule has 0 aliphatic rings. The van der Waals surface area contributed by atoms with Gasteiger partial charge in [-0.05, 0) is 17.5 Å². The molecule has 0 bridgehead atoms. The molecule has 24 heavy (non-hydrogen) atoms. The van der Waals surface area contributed by atoms with E-state index in [4.69, 9.17) is 4.98 Å². The fourth-order valence-electron chi connectivity index (χ4n) is 3.03. The highest BCUT2D eigenvalue weighted by Crippen LogP contribution is 2.28. The van der Waals surface area contributed by atoms with Crippen LogP contribution in [0.1, 0.15) is 31.0 Å². The van der Waals surface area contributed by atoms with Gasteiger partial charge in [0.15, 0.2) is 5.65 Å². The second-order valence-electron chi connectivity index (χ2n) is 6.31. The van der Waals surface area contributed by atoms with Crippen molar-refractivity contribution in [1.82, 2.24) is 29.5 Å². The molecule has 1 N–H and O–H groups in total. The van der Waals surface area contributed by atoms with Gasteiger partial charge < -0.3 is 4.98 Å². The second kappa shape index (κ2) is 5.63. The van der Waals surface area contributed by atoms with Gasteiger partial charge in [-0.25, -0.2) is 9.67 Å². The van der Waals surface area contributed by atoms with E-state index in [1.165, 1.54) is 5.56 Å². The number of imidazole rings is 1. The summed E-state index contributed by atoms with van der Waals surface area (Å²) in [7, 11) is 1.94. The van der Waals surface area contributed by atoms with Crippen molar-refractivity contribution < 1.29 is 0 Å². The fourth-order valence-corrected chi connectivity index (χ4v) is 3.03. The Bertz CT molecular complexity index is 974. The van der Waals surface area contributed by atoms with Gasteiger partial charge in [-0.1, -0.05) is 38.1 Å². The van der Waals surface area contributed by atoms with Gasteiger partial charge in [-0.15, -0.1) is 0 Å². The number of nitrogens with zero attached hydrogens (tertiary/aromatic N) is 5. The zero-order valence-electron chi connectivity index (χ0n) is 14.1. The van der Waals surface area contributed by atoms with Crippen LogP contribution in [0.2, 0.25) is 0 Å². The van der Waals surface area contributed by atoms with Crippen molar-refractivity contribution >= 4 is 11.2 Å². The van der Waals surface area contributed by atoms with Crippen molar-refractivity contribution in [3.63, 3.8) is 0 Å². The number of aromatic nitrogens is 6. The Kier molecular flexibility index (Phi) is 3.45. The van der Waals surface area contributed by atoms with E-state index in [9.17, 15) is 0 Å². The quantitative estimate of drug-likeness (QED) is 0.627. The van der Waals surface area contributed by atoms with Gasteiger partial charge in [0, 0.05) is 25.0 Å². The first kappa shape index (κ1) is 14.7. The van der Waals surface area contributed by atoms with Crippen LogP contribution in [0.25, 0.3) is 22.6 Å². The maximum atomic E-state index is 4.79. The van der Waals surface area contributed by atoms with Crippen LogP contribution in [0.3, 0.4) is 0 Å². The fraction of sp³-hybridized carbons (Fsp3) is 0.278. The summed E-state index contributed by atoms with van der Waals surface area (Å²) in [5.74, 6) is 1.23. The first-order valence-corrected chi connectivity index (χ1v) is 8.12. The summed E-state index contributed by atoms with van der Waals surface area (Å²) in [4.78, 5) is 8.27. The number of fused-ring (bicyclic) bond motifs is 1. The standard InChI is InChI=1S/C18H20N6/c1-12(2)15-16-18(23(3)22-15)21-17(20-16)14-8-5-4-7-13(14)11-24-10-6-9-19-24/h4-10,12H,11H2,1-3H3,(H,20,21). The Balaban J connectivity index is 1.82. The van der Waals surface area contributed by atoms with Crippen molar-refractivity contribution in [3.8, 4) is 11.4 Å². The number of rotatable bonds is 4. The Hall–Kier alpha value is -2.89. The SMILES string of the molecule is CC(C)c1nn(C)c2nc(-c3ccccc3Cn3cccn3)[nH]c12. The number of benzene rings is 1. The lowest BCUT2D eigenvalue weighted by Gasteiger charge is -2.07. The minimum absolute atomic E-state index is 0.348. The maximum absolute atomic E-state index is 4.79. The zero-order valence-corrected chi connectivity index (χ0v) is 14.1. The Morgan fingerprint density at radius 1 is 1.17 bits per heavy atom. The van der Waals surface area contributed by atoms with Crippen LogP contribution in [-0.2, 0) is 13.6 Å². The van der Waals surface area contributed by atoms with Gasteiger partial charge in [0.25, 0.3) is 0 Å². The molecule has 0 atom stereocenters. The maximum Gasteiger partial charge on any atom is 0.176 e. The van der Waals surface area contributed by atoms with E-state index in [-0.39, 0.29) is 0 Å². The third kappa shape index (κ3) is 2.40. The average Bonchev–Trinajstić information content (AvgIpc) is 3.26. The Morgan fingerprint density at radius 2 is 2.00 bits per heavy atom. The van der Waals surface area contributed by atoms with Crippen molar-refractivity contribution in [2.75, 3.05) is 0 Å². The minimum Gasteiger partial charge on any atom is -0.335 e. The van der Waals surface area contributed by atoms with Gasteiger partial charge in [-0.3, -0.25) is 4.68 Å². The zero-order chi connectivity index (χ0) is 16.7. The van der Waals surface area contributed by atoms with Crippen molar-refractivity contribution in [3.05, 3.63) is 54.0 Å². The number of H-pyrrole nitrogens is 1. The first-order valence-electron chi connectivity index (χ1n) is 8.12. The lowest BCUT2D eigenvalue weighted by molar-refractivity contribution is 0.687. The molecule has 0 amide bonds. The summed E-state index contributed by atoms with van der Waals surface area (Å²) in [6.07, 6.45) is 3.76. The summed E-state index contributed by atoms with van der Waals surface area (Å²) in [6, 6.07) is 10.2. The molecule has 6 heteroatoms. The van der Waals surface area contributed by atoms with Crippen LogP contribution in [0.4, 0.5) is 0 Å². The topological polar surface area (TPSA) is 64.3 Å². The number of nitrogens with one attached hydrogen (secondary N) is 1. The normalized spacial score (nSPS) is 11.7. The van der Waals surface area contributed by atoms with E-state index in [2.05, 4.69) is 41.2 Å². The molecule has 6 nitrogen and oxygen atoms in total. The highest BCUT2D eigenvalue weighted by Gasteiger charge is 2.18. The van der Waals surface area contributed by atoms with E-state index >= 15 is 0 Å². The van der Waals surface area contributed by atoms with Gasteiger partial charge in [0.1, 0.15) is 11.3 Å². The van der Waals surface area contributed by atoms with E-state index in [1.54, 1.807) is 6.20 Å². The second-order valence-corrected chi connectivity index (χ2v) is 6.31. The summed E-state index contributed by atoms with van der Waals surface area (Å²) in [6.45, 7) is 5.01. The summed E-state index contributed by atoms with van der Waals surface area (Å²) < 4.78 is 3.77. The number of hydrogen-bond acceptors (Lipinski definition) is 3. The molecule has 0 aliphatic heterocycles. The Morgan fingerprint density at radius 3 is 2.75 bits per heavy atom. The van der Waals surface area contributed by atoms with Gasteiger partial charge in [0.05, 0.1) is 12.2 Å². The highest BCUT2D eigenvalue weighted by atomic mass is 15.3. The van der Waals surface area contributed by atoms with Crippen LogP contribution in [0.5, 0.6) is 0 Å². The molecule has 122 valence electrons. The molecule has 0 spiro atoms. The number of aromatic amines is 1. The average molecular weight is 320 g/mol. The lowest BCUT2D eigenvalue weighted by atomic mass is 10.1. The van der Waals surface area contributed by atoms with Crippen molar-refractivity contribution in [2.45, 2.75) is 26.3 Å². The van der Waals surface area contributed by atoms with Gasteiger partial charge >= 0.3 is 0 Å². The molecule has 0 unspecified atom stereocenters.